The molecule has 0 radical (unpaired) electrons. The minimum absolute atomic E-state index is 0.316. The summed E-state index contributed by atoms with van der Waals surface area (Å²) < 4.78 is 5.69. The Morgan fingerprint density at radius 3 is 2.86 bits per heavy atom. The lowest BCUT2D eigenvalue weighted by Gasteiger charge is -2.15. The van der Waals surface area contributed by atoms with Gasteiger partial charge < -0.3 is 10.1 Å². The second kappa shape index (κ2) is 6.01. The summed E-state index contributed by atoms with van der Waals surface area (Å²) >= 11 is 0. The lowest BCUT2D eigenvalue weighted by molar-refractivity contribution is 0.120. The van der Waals surface area contributed by atoms with Crippen molar-refractivity contribution in [2.75, 3.05) is 18.5 Å². The number of nitrogens with zero attached hydrogens (tertiary/aromatic N) is 3. The number of aryl methyl sites for hydroxylation is 1. The molecule has 22 heavy (non-hydrogen) atoms. The topological polar surface area (TPSA) is 59.9 Å². The lowest BCUT2D eigenvalue weighted by atomic mass is 10.2. The van der Waals surface area contributed by atoms with Gasteiger partial charge in [-0.3, -0.25) is 4.98 Å². The number of nitrogens with one attached hydrogen (secondary N) is 1. The van der Waals surface area contributed by atoms with Gasteiger partial charge in [0, 0.05) is 42.4 Å². The zero-order chi connectivity index (χ0) is 14.8. The van der Waals surface area contributed by atoms with Gasteiger partial charge in [0.05, 0.1) is 6.10 Å². The van der Waals surface area contributed by atoms with Crippen LogP contribution in [0.3, 0.4) is 0 Å². The largest absolute Gasteiger partial charge is 0.376 e. The smallest absolute Gasteiger partial charge is 0.161 e. The van der Waals surface area contributed by atoms with E-state index in [4.69, 9.17) is 14.7 Å². The molecule has 0 bridgehead atoms. The zero-order valence-electron chi connectivity index (χ0n) is 12.6. The van der Waals surface area contributed by atoms with Crippen LogP contribution < -0.4 is 5.32 Å². The van der Waals surface area contributed by atoms with Gasteiger partial charge in [-0.2, -0.15) is 0 Å². The molecule has 114 valence electrons. The van der Waals surface area contributed by atoms with Crippen molar-refractivity contribution in [3.05, 3.63) is 35.8 Å². The molecule has 3 heterocycles. The van der Waals surface area contributed by atoms with E-state index in [1.54, 1.807) is 12.4 Å². The van der Waals surface area contributed by atoms with Crippen LogP contribution in [0.25, 0.3) is 11.4 Å². The molecule has 1 saturated heterocycles. The van der Waals surface area contributed by atoms with Crippen LogP contribution in [0.1, 0.15) is 30.5 Å². The van der Waals surface area contributed by atoms with Gasteiger partial charge in [-0.15, -0.1) is 0 Å². The van der Waals surface area contributed by atoms with E-state index < -0.39 is 0 Å². The Balaban J connectivity index is 1.63. The highest BCUT2D eigenvalue weighted by Gasteiger charge is 2.21. The summed E-state index contributed by atoms with van der Waals surface area (Å²) in [6.45, 7) is 1.72. The van der Waals surface area contributed by atoms with Crippen LogP contribution in [0.5, 0.6) is 0 Å². The van der Waals surface area contributed by atoms with Gasteiger partial charge in [-0.05, 0) is 44.2 Å². The van der Waals surface area contributed by atoms with Crippen molar-refractivity contribution in [1.82, 2.24) is 15.0 Å². The minimum Gasteiger partial charge on any atom is -0.376 e. The molecule has 1 atom stereocenters. The molecule has 2 aromatic rings. The van der Waals surface area contributed by atoms with E-state index in [0.717, 1.165) is 56.0 Å². The van der Waals surface area contributed by atoms with Gasteiger partial charge in [0.2, 0.25) is 0 Å². The number of hydrogen-bond acceptors (Lipinski definition) is 5. The van der Waals surface area contributed by atoms with Crippen LogP contribution in [-0.2, 0) is 17.6 Å². The third kappa shape index (κ3) is 2.68. The molecule has 5 heteroatoms. The number of hydrogen-bond donors (Lipinski definition) is 1. The highest BCUT2D eigenvalue weighted by atomic mass is 16.5. The Labute approximate surface area is 130 Å². The van der Waals surface area contributed by atoms with E-state index in [-0.39, 0.29) is 0 Å². The third-order valence-corrected chi connectivity index (χ3v) is 4.39. The normalized spacial score (nSPS) is 20.1. The van der Waals surface area contributed by atoms with E-state index in [2.05, 4.69) is 10.3 Å². The molecule has 0 amide bonds. The van der Waals surface area contributed by atoms with Crippen molar-refractivity contribution in [1.29, 1.82) is 0 Å². The Morgan fingerprint density at radius 1 is 1.14 bits per heavy atom. The summed E-state index contributed by atoms with van der Waals surface area (Å²) in [6.07, 6.45) is 9.46. The van der Waals surface area contributed by atoms with Crippen molar-refractivity contribution >= 4 is 5.82 Å². The average Bonchev–Trinajstić information content (AvgIpc) is 3.24. The number of aromatic nitrogens is 3. The SMILES string of the molecule is c1cc(-c2nc3c(c(NC[C@@H]4CCCO4)n2)CCC3)ccn1. The second-order valence-corrected chi connectivity index (χ2v) is 5.93. The molecule has 0 saturated carbocycles. The van der Waals surface area contributed by atoms with Crippen LogP contribution in [0.15, 0.2) is 24.5 Å². The first-order valence-corrected chi connectivity index (χ1v) is 8.06. The zero-order valence-corrected chi connectivity index (χ0v) is 12.6. The maximum absolute atomic E-state index is 5.69. The van der Waals surface area contributed by atoms with Crippen LogP contribution in [-0.4, -0.2) is 34.2 Å². The standard InChI is InChI=1S/C17H20N4O/c1-4-14-15(5-1)20-16(12-6-8-18-9-7-12)21-17(14)19-11-13-3-2-10-22-13/h6-9,13H,1-5,10-11H2,(H,19,20,21)/t13-/m0/s1. The predicted molar refractivity (Wildman–Crippen MR) is 84.8 cm³/mol. The average molecular weight is 296 g/mol. The number of pyridine rings is 1. The fourth-order valence-corrected chi connectivity index (χ4v) is 3.22. The molecule has 1 aliphatic carbocycles. The molecule has 0 aromatic carbocycles. The second-order valence-electron chi connectivity index (χ2n) is 5.93. The van der Waals surface area contributed by atoms with E-state index in [0.29, 0.717) is 6.10 Å². The molecule has 0 spiro atoms. The van der Waals surface area contributed by atoms with Gasteiger partial charge >= 0.3 is 0 Å². The molecule has 1 N–H and O–H groups in total. The molecule has 0 unspecified atom stereocenters. The van der Waals surface area contributed by atoms with Crippen molar-refractivity contribution < 1.29 is 4.74 Å². The molecule has 1 fully saturated rings. The van der Waals surface area contributed by atoms with Crippen LogP contribution in [0.4, 0.5) is 5.82 Å². The van der Waals surface area contributed by atoms with E-state index in [1.807, 2.05) is 12.1 Å². The first-order valence-electron chi connectivity index (χ1n) is 8.06. The fourth-order valence-electron chi connectivity index (χ4n) is 3.22. The van der Waals surface area contributed by atoms with Gasteiger partial charge in [-0.1, -0.05) is 0 Å². The number of fused-ring (bicyclic) bond motifs is 1. The maximum Gasteiger partial charge on any atom is 0.161 e. The molecule has 1 aliphatic heterocycles. The van der Waals surface area contributed by atoms with Crippen molar-refractivity contribution in [2.24, 2.45) is 0 Å². The fraction of sp³-hybridized carbons (Fsp3) is 0.471. The lowest BCUT2D eigenvalue weighted by Crippen LogP contribution is -2.20. The number of rotatable bonds is 4. The van der Waals surface area contributed by atoms with Crippen molar-refractivity contribution in [3.63, 3.8) is 0 Å². The van der Waals surface area contributed by atoms with Gasteiger partial charge in [0.15, 0.2) is 5.82 Å². The van der Waals surface area contributed by atoms with E-state index >= 15 is 0 Å². The van der Waals surface area contributed by atoms with Crippen molar-refractivity contribution in [3.8, 4) is 11.4 Å². The summed E-state index contributed by atoms with van der Waals surface area (Å²) in [5.41, 5.74) is 3.50. The molecule has 5 nitrogen and oxygen atoms in total. The van der Waals surface area contributed by atoms with Gasteiger partial charge in [0.25, 0.3) is 0 Å². The molecule has 2 aliphatic rings. The number of anilines is 1. The van der Waals surface area contributed by atoms with Crippen LogP contribution >= 0.6 is 0 Å². The summed E-state index contributed by atoms with van der Waals surface area (Å²) in [7, 11) is 0. The highest BCUT2D eigenvalue weighted by molar-refractivity contribution is 5.60. The molecule has 4 rings (SSSR count). The highest BCUT2D eigenvalue weighted by Crippen LogP contribution is 2.29. The maximum atomic E-state index is 5.69. The Morgan fingerprint density at radius 2 is 2.05 bits per heavy atom. The first kappa shape index (κ1) is 13.6. The molecule has 2 aromatic heterocycles. The van der Waals surface area contributed by atoms with E-state index in [1.165, 1.54) is 17.7 Å². The van der Waals surface area contributed by atoms with Crippen LogP contribution in [0, 0.1) is 0 Å². The molecular formula is C17H20N4O. The third-order valence-electron chi connectivity index (χ3n) is 4.39. The van der Waals surface area contributed by atoms with Gasteiger partial charge in [0.1, 0.15) is 5.82 Å². The van der Waals surface area contributed by atoms with Crippen molar-refractivity contribution in [2.45, 2.75) is 38.2 Å². The predicted octanol–water partition coefficient (Wildman–Crippen LogP) is 2.62. The minimum atomic E-state index is 0.316. The van der Waals surface area contributed by atoms with Gasteiger partial charge in [-0.25, -0.2) is 9.97 Å². The quantitative estimate of drug-likeness (QED) is 0.940. The monoisotopic (exact) mass is 296 g/mol. The molecular weight excluding hydrogens is 276 g/mol. The summed E-state index contributed by atoms with van der Waals surface area (Å²) in [5, 5.41) is 3.51. The number of ether oxygens (including phenoxy) is 1. The van der Waals surface area contributed by atoms with E-state index in [9.17, 15) is 0 Å². The van der Waals surface area contributed by atoms with Crippen LogP contribution in [0.2, 0.25) is 0 Å². The Bertz CT molecular complexity index is 653. The first-order chi connectivity index (χ1) is 10.9. The Hall–Kier alpha value is -2.01. The summed E-state index contributed by atoms with van der Waals surface area (Å²) in [5.74, 6) is 1.78. The summed E-state index contributed by atoms with van der Waals surface area (Å²) in [4.78, 5) is 13.6. The Kier molecular flexibility index (Phi) is 3.72. The summed E-state index contributed by atoms with van der Waals surface area (Å²) in [6, 6.07) is 3.92.